The van der Waals surface area contributed by atoms with E-state index in [1.54, 1.807) is 0 Å². The van der Waals surface area contributed by atoms with Crippen LogP contribution in [0.5, 0.6) is 0 Å². The Labute approximate surface area is 200 Å². The molecule has 1 saturated heterocycles. The Hall–Kier alpha value is -1.45. The number of nitrogens with zero attached hydrogens (tertiary/aromatic N) is 1. The Morgan fingerprint density at radius 1 is 1.12 bits per heavy atom. The molecule has 0 aliphatic carbocycles. The zero-order chi connectivity index (χ0) is 25.6. The van der Waals surface area contributed by atoms with Gasteiger partial charge in [-0.25, -0.2) is 4.79 Å². The SMILES string of the molecule is C#CC1(CO[Si](C)(C)C(C)(C)C)OC(n2ccc(=O)[nH]c2=O)C(C)C1O[Si](C)(C)C(C)(C)C. The van der Waals surface area contributed by atoms with Crippen LogP contribution in [0.4, 0.5) is 0 Å². The molecule has 1 aromatic heterocycles. The second-order valence-electron chi connectivity index (χ2n) is 12.3. The van der Waals surface area contributed by atoms with Gasteiger partial charge in [-0.3, -0.25) is 14.3 Å². The van der Waals surface area contributed by atoms with Crippen molar-refractivity contribution in [3.63, 3.8) is 0 Å². The molecule has 1 aliphatic heterocycles. The molecule has 1 aliphatic rings. The lowest BCUT2D eigenvalue weighted by Crippen LogP contribution is -2.55. The second-order valence-corrected chi connectivity index (χ2v) is 21.8. The molecule has 0 amide bonds. The minimum atomic E-state index is -2.25. The van der Waals surface area contributed by atoms with Crippen molar-refractivity contribution >= 4 is 16.6 Å². The zero-order valence-electron chi connectivity index (χ0n) is 22.2. The minimum Gasteiger partial charge on any atom is -0.413 e. The molecule has 0 saturated carbocycles. The molecule has 33 heavy (non-hydrogen) atoms. The van der Waals surface area contributed by atoms with E-state index in [-0.39, 0.29) is 22.6 Å². The van der Waals surface area contributed by atoms with E-state index < -0.39 is 45.8 Å². The van der Waals surface area contributed by atoms with Crippen molar-refractivity contribution in [1.82, 2.24) is 9.55 Å². The second kappa shape index (κ2) is 8.97. The smallest absolute Gasteiger partial charge is 0.330 e. The highest BCUT2D eigenvalue weighted by Crippen LogP contribution is 2.48. The van der Waals surface area contributed by atoms with Crippen LogP contribution in [-0.4, -0.2) is 44.5 Å². The van der Waals surface area contributed by atoms with Crippen LogP contribution in [0.15, 0.2) is 21.9 Å². The summed E-state index contributed by atoms with van der Waals surface area (Å²) in [4.78, 5) is 26.5. The maximum atomic E-state index is 12.6. The molecule has 4 atom stereocenters. The fourth-order valence-corrected chi connectivity index (χ4v) is 5.78. The van der Waals surface area contributed by atoms with Gasteiger partial charge in [0, 0.05) is 18.2 Å². The molecular formula is C24H42N2O5Si2. The summed E-state index contributed by atoms with van der Waals surface area (Å²) < 4.78 is 21.3. The van der Waals surface area contributed by atoms with Gasteiger partial charge in [-0.2, -0.15) is 0 Å². The van der Waals surface area contributed by atoms with Crippen LogP contribution in [0, 0.1) is 18.3 Å². The summed E-state index contributed by atoms with van der Waals surface area (Å²) in [5.41, 5.74) is -2.16. The summed E-state index contributed by atoms with van der Waals surface area (Å²) >= 11 is 0. The molecule has 186 valence electrons. The van der Waals surface area contributed by atoms with Gasteiger partial charge in [0.05, 0.1) is 12.7 Å². The lowest BCUT2D eigenvalue weighted by Gasteiger charge is -2.44. The molecule has 7 nitrogen and oxygen atoms in total. The Balaban J connectivity index is 2.55. The minimum absolute atomic E-state index is 0.00193. The summed E-state index contributed by atoms with van der Waals surface area (Å²) in [5.74, 6) is 2.62. The van der Waals surface area contributed by atoms with Crippen LogP contribution < -0.4 is 11.2 Å². The Bertz CT molecular complexity index is 1010. The van der Waals surface area contributed by atoms with Crippen LogP contribution in [0.3, 0.4) is 0 Å². The van der Waals surface area contributed by atoms with Crippen LogP contribution in [0.2, 0.25) is 36.3 Å². The van der Waals surface area contributed by atoms with Gasteiger partial charge in [0.25, 0.3) is 5.56 Å². The van der Waals surface area contributed by atoms with Gasteiger partial charge in [0.15, 0.2) is 22.2 Å². The first-order valence-electron chi connectivity index (χ1n) is 11.6. The monoisotopic (exact) mass is 494 g/mol. The summed E-state index contributed by atoms with van der Waals surface area (Å²) in [7, 11) is -4.38. The van der Waals surface area contributed by atoms with Crippen molar-refractivity contribution in [1.29, 1.82) is 0 Å². The Morgan fingerprint density at radius 3 is 2.12 bits per heavy atom. The number of H-pyrrole nitrogens is 1. The quantitative estimate of drug-likeness (QED) is 0.465. The van der Waals surface area contributed by atoms with Gasteiger partial charge < -0.3 is 13.6 Å². The molecule has 0 radical (unpaired) electrons. The van der Waals surface area contributed by atoms with E-state index in [0.29, 0.717) is 0 Å². The van der Waals surface area contributed by atoms with Gasteiger partial charge in [-0.05, 0) is 36.3 Å². The molecule has 2 heterocycles. The number of terminal acetylenes is 1. The first kappa shape index (κ1) is 27.8. The molecule has 2 rings (SSSR count). The topological polar surface area (TPSA) is 82.5 Å². The van der Waals surface area contributed by atoms with Crippen molar-refractivity contribution in [3.8, 4) is 12.3 Å². The largest absolute Gasteiger partial charge is 0.413 e. The highest BCUT2D eigenvalue weighted by molar-refractivity contribution is 6.74. The van der Waals surface area contributed by atoms with Crippen molar-refractivity contribution in [2.45, 2.75) is 103 Å². The maximum absolute atomic E-state index is 12.6. The molecule has 0 bridgehead atoms. The Kier molecular flexibility index (Phi) is 7.55. The van der Waals surface area contributed by atoms with E-state index in [0.717, 1.165) is 0 Å². The fraction of sp³-hybridized carbons (Fsp3) is 0.750. The third-order valence-corrected chi connectivity index (χ3v) is 16.7. The molecule has 0 aromatic carbocycles. The first-order chi connectivity index (χ1) is 14.8. The maximum Gasteiger partial charge on any atom is 0.330 e. The number of aromatic amines is 1. The van der Waals surface area contributed by atoms with Crippen LogP contribution in [-0.2, 0) is 13.6 Å². The van der Waals surface area contributed by atoms with Crippen molar-refractivity contribution in [2.75, 3.05) is 6.61 Å². The standard InChI is InChI=1S/C24H42N2O5Si2/c1-13-24(16-29-32(9,10)22(3,4)5)19(31-33(11,12)23(6,7)8)17(2)20(30-24)26-15-14-18(27)25-21(26)28/h1,14-15,17,19-20H,16H2,2-12H3,(H,25,27,28). The van der Waals surface area contributed by atoms with Gasteiger partial charge >= 0.3 is 5.69 Å². The van der Waals surface area contributed by atoms with Crippen molar-refractivity contribution in [2.24, 2.45) is 5.92 Å². The van der Waals surface area contributed by atoms with Crippen LogP contribution >= 0.6 is 0 Å². The molecule has 0 spiro atoms. The van der Waals surface area contributed by atoms with E-state index in [2.05, 4.69) is 78.6 Å². The first-order valence-corrected chi connectivity index (χ1v) is 17.4. The fourth-order valence-electron chi connectivity index (χ4n) is 3.38. The average Bonchev–Trinajstić information content (AvgIpc) is 2.91. The lowest BCUT2D eigenvalue weighted by molar-refractivity contribution is -0.0869. The van der Waals surface area contributed by atoms with Gasteiger partial charge in [-0.15, -0.1) is 6.42 Å². The third-order valence-electron chi connectivity index (χ3n) is 7.77. The number of nitrogens with one attached hydrogen (secondary N) is 1. The van der Waals surface area contributed by atoms with E-state index in [9.17, 15) is 9.59 Å². The Morgan fingerprint density at radius 2 is 1.67 bits per heavy atom. The number of rotatable bonds is 6. The molecule has 1 N–H and O–H groups in total. The molecule has 9 heteroatoms. The van der Waals surface area contributed by atoms with Crippen LogP contribution in [0.1, 0.15) is 54.7 Å². The molecule has 4 unspecified atom stereocenters. The van der Waals surface area contributed by atoms with Gasteiger partial charge in [0.2, 0.25) is 0 Å². The number of aromatic nitrogens is 2. The molecule has 1 fully saturated rings. The summed E-state index contributed by atoms with van der Waals surface area (Å²) in [6.45, 7) is 23.9. The van der Waals surface area contributed by atoms with E-state index in [1.807, 2.05) is 6.92 Å². The number of hydrogen-bond donors (Lipinski definition) is 1. The summed E-state index contributed by atoms with van der Waals surface area (Å²) in [6, 6.07) is 1.31. The van der Waals surface area contributed by atoms with Crippen LogP contribution in [0.25, 0.3) is 0 Å². The highest BCUT2D eigenvalue weighted by atomic mass is 28.4. The van der Waals surface area contributed by atoms with Crippen molar-refractivity contribution in [3.05, 3.63) is 33.1 Å². The number of ether oxygens (including phenoxy) is 1. The van der Waals surface area contributed by atoms with E-state index in [1.165, 1.54) is 16.8 Å². The van der Waals surface area contributed by atoms with Gasteiger partial charge in [0.1, 0.15) is 6.23 Å². The molecular weight excluding hydrogens is 452 g/mol. The van der Waals surface area contributed by atoms with E-state index >= 15 is 0 Å². The summed E-state index contributed by atoms with van der Waals surface area (Å²) in [5, 5.41) is -0.0433. The predicted molar refractivity (Wildman–Crippen MR) is 137 cm³/mol. The number of hydrogen-bond acceptors (Lipinski definition) is 5. The average molecular weight is 495 g/mol. The molecule has 1 aromatic rings. The lowest BCUT2D eigenvalue weighted by atomic mass is 9.92. The van der Waals surface area contributed by atoms with Gasteiger partial charge in [-0.1, -0.05) is 54.4 Å². The zero-order valence-corrected chi connectivity index (χ0v) is 24.2. The summed E-state index contributed by atoms with van der Waals surface area (Å²) in [6.07, 6.45) is 6.43. The normalized spacial score (nSPS) is 26.9. The van der Waals surface area contributed by atoms with Crippen molar-refractivity contribution < 1.29 is 13.6 Å². The predicted octanol–water partition coefficient (Wildman–Crippen LogP) is 4.49. The highest BCUT2D eigenvalue weighted by Gasteiger charge is 2.58. The van der Waals surface area contributed by atoms with E-state index in [4.69, 9.17) is 20.0 Å². The third kappa shape index (κ3) is 5.46.